The van der Waals surface area contributed by atoms with Gasteiger partial charge in [-0.15, -0.1) is 34.0 Å². The minimum atomic E-state index is 0.686. The van der Waals surface area contributed by atoms with Crippen LogP contribution in [0.25, 0.3) is 261 Å². The van der Waals surface area contributed by atoms with Gasteiger partial charge in [0.05, 0.1) is 0 Å². The van der Waals surface area contributed by atoms with Crippen molar-refractivity contribution in [2.75, 3.05) is 0 Å². The maximum absolute atomic E-state index is 6.58. The van der Waals surface area contributed by atoms with Gasteiger partial charge < -0.3 is 13.3 Å². The summed E-state index contributed by atoms with van der Waals surface area (Å²) in [5.41, 5.74) is 32.5. The van der Waals surface area contributed by atoms with Gasteiger partial charge in [0.15, 0.2) is 22.6 Å². The Labute approximate surface area is 769 Å². The van der Waals surface area contributed by atoms with Gasteiger partial charge in [0.25, 0.3) is 0 Å². The van der Waals surface area contributed by atoms with Crippen LogP contribution >= 0.6 is 34.0 Å². The Bertz CT molecular complexity index is 9160. The predicted molar refractivity (Wildman–Crippen MR) is 552 cm³/mol. The fourth-order valence-corrected chi connectivity index (χ4v) is 22.5. The van der Waals surface area contributed by atoms with Crippen molar-refractivity contribution in [3.05, 3.63) is 437 Å². The van der Waals surface area contributed by atoms with E-state index in [2.05, 4.69) is 349 Å². The van der Waals surface area contributed by atoms with E-state index in [9.17, 15) is 0 Å². The van der Waals surface area contributed by atoms with E-state index in [0.717, 1.165) is 128 Å². The number of aromatic nitrogens is 6. The van der Waals surface area contributed by atoms with Crippen LogP contribution in [0.5, 0.6) is 0 Å². The lowest BCUT2D eigenvalue weighted by Crippen LogP contribution is -1.94. The maximum Gasteiger partial charge on any atom is 0.180 e. The summed E-state index contributed by atoms with van der Waals surface area (Å²) >= 11 is 5.60. The highest BCUT2D eigenvalue weighted by molar-refractivity contribution is 7.27. The van der Waals surface area contributed by atoms with Crippen molar-refractivity contribution in [2.24, 2.45) is 0 Å². The minimum Gasteiger partial charge on any atom is -0.452 e. The van der Waals surface area contributed by atoms with E-state index in [0.29, 0.717) is 17.0 Å². The van der Waals surface area contributed by atoms with Gasteiger partial charge in [0, 0.05) is 110 Å². The van der Waals surface area contributed by atoms with Crippen molar-refractivity contribution in [3.8, 4) is 134 Å². The Morgan fingerprint density at radius 2 is 0.538 bits per heavy atom. The van der Waals surface area contributed by atoms with Crippen LogP contribution in [0.3, 0.4) is 0 Å². The summed E-state index contributed by atoms with van der Waals surface area (Å²) in [6, 6.07) is 150. The molecule has 0 N–H and O–H groups in total. The molecule has 18 aromatic carbocycles. The zero-order chi connectivity index (χ0) is 87.1. The average Bonchev–Trinajstić information content (AvgIpc) is 1.60. The van der Waals surface area contributed by atoms with Crippen LogP contribution in [-0.2, 0) is 0 Å². The van der Waals surface area contributed by atoms with E-state index in [1.54, 1.807) is 12.7 Å². The normalized spacial score (nSPS) is 11.6. The van der Waals surface area contributed by atoms with Crippen LogP contribution in [0.4, 0.5) is 0 Å². The van der Waals surface area contributed by atoms with Gasteiger partial charge in [-0.25, -0.2) is 29.9 Å². The quantitative estimate of drug-likeness (QED) is 0.118. The third kappa shape index (κ3) is 13.8. The van der Waals surface area contributed by atoms with Crippen molar-refractivity contribution in [3.63, 3.8) is 0 Å². The first kappa shape index (κ1) is 77.6. The number of para-hydroxylation sites is 3. The predicted octanol–water partition coefficient (Wildman–Crippen LogP) is 34.2. The number of hydrogen-bond donors (Lipinski definition) is 0. The highest BCUT2D eigenvalue weighted by Crippen LogP contribution is 2.49. The largest absolute Gasteiger partial charge is 0.452 e. The molecule has 0 amide bonds. The SMILES string of the molecule is c1ccc(-c2cccc3c2oc2c(-c4cccc(-c5cccc(-c6ccc7sc8ccccc8c7c6)c5)c4)ncnc23)cc1.c1ccc(-c2cccc3c2sc2c(-c4ccc(-c5ccc(-c6ncnc7c6oc6ccccc67)cc5)cc4)cccc23)cc1.c1ccc(-c2nc(-c3ccc(-c4ccccc4-c4cccc5c4sc4ccccc45)cc3)c3oc4ccccc4c3n2)cc1. The van der Waals surface area contributed by atoms with Crippen LogP contribution in [0.2, 0.25) is 0 Å². The highest BCUT2D eigenvalue weighted by Gasteiger charge is 2.24. The molecule has 0 aliphatic rings. The number of hydrogen-bond acceptors (Lipinski definition) is 12. The summed E-state index contributed by atoms with van der Waals surface area (Å²) in [6.45, 7) is 0. The molecule has 0 radical (unpaired) electrons. The van der Waals surface area contributed by atoms with E-state index in [-0.39, 0.29) is 0 Å². The molecule has 9 nitrogen and oxygen atoms in total. The molecular weight excluding hydrogens is 1670 g/mol. The fourth-order valence-electron chi connectivity index (χ4n) is 18.8. The number of furan rings is 3. The third-order valence-corrected chi connectivity index (χ3v) is 28.9. The van der Waals surface area contributed by atoms with Crippen molar-refractivity contribution < 1.29 is 13.3 Å². The first-order valence-electron chi connectivity index (χ1n) is 44.0. The Morgan fingerprint density at radius 3 is 1.16 bits per heavy atom. The molecule has 27 rings (SSSR count). The molecule has 0 atom stereocenters. The molecule has 132 heavy (non-hydrogen) atoms. The van der Waals surface area contributed by atoms with Crippen LogP contribution in [-0.4, -0.2) is 29.9 Å². The van der Waals surface area contributed by atoms with Crippen LogP contribution in [0.15, 0.2) is 451 Å². The minimum absolute atomic E-state index is 0.686. The lowest BCUT2D eigenvalue weighted by Gasteiger charge is -2.12. The summed E-state index contributed by atoms with van der Waals surface area (Å²) in [5, 5.41) is 10.9. The summed E-state index contributed by atoms with van der Waals surface area (Å²) < 4.78 is 27.0. The van der Waals surface area contributed by atoms with E-state index >= 15 is 0 Å². The standard InChI is InChI=1S/3C40H24N2OS/c1-2-9-25(10-3-1)31-16-8-17-33-38-40(43-39(31)33)37(41-24-42-38)30-14-7-13-28(22-30)26-11-6-12-27(21-26)29-19-20-36-34(23-29)32-15-4-5-18-35(32)44-36;1-2-11-27(12-3-1)40-41-36(38-37(42-40)33-16-6-8-19-34(33)43-38)26-23-21-25(22-24-26)28-13-4-5-14-29(28)31-17-10-18-32-30-15-7-9-20-35(30)44-39(31)32;1-2-8-27(9-3-1)30-11-6-13-32-33-14-7-12-31(40(33)44-39(30)32)28-20-16-25(17-21-28)26-18-22-29(23-19-26)36-38-37(42-24-41-36)34-10-4-5-15-35(34)43-38/h3*1-24H. The zero-order valence-electron chi connectivity index (χ0n) is 70.7. The molecule has 0 saturated carbocycles. The van der Waals surface area contributed by atoms with Crippen molar-refractivity contribution in [2.45, 2.75) is 0 Å². The first-order chi connectivity index (χ1) is 65.4. The van der Waals surface area contributed by atoms with Gasteiger partial charge in [-0.05, 0) is 145 Å². The van der Waals surface area contributed by atoms with Gasteiger partial charge in [-0.1, -0.05) is 358 Å². The van der Waals surface area contributed by atoms with E-state index in [1.165, 1.54) is 116 Å². The monoisotopic (exact) mass is 1740 g/mol. The molecule has 0 bridgehead atoms. The van der Waals surface area contributed by atoms with Crippen molar-refractivity contribution in [1.29, 1.82) is 0 Å². The molecule has 0 spiro atoms. The van der Waals surface area contributed by atoms with Gasteiger partial charge in [-0.3, -0.25) is 0 Å². The smallest absolute Gasteiger partial charge is 0.180 e. The zero-order valence-corrected chi connectivity index (χ0v) is 73.2. The number of benzene rings is 18. The number of thiophene rings is 3. The van der Waals surface area contributed by atoms with Crippen LogP contribution in [0.1, 0.15) is 0 Å². The molecule has 0 unspecified atom stereocenters. The highest BCUT2D eigenvalue weighted by atomic mass is 32.1. The van der Waals surface area contributed by atoms with E-state index in [1.807, 2.05) is 125 Å². The number of rotatable bonds is 12. The Kier molecular flexibility index (Phi) is 19.3. The fraction of sp³-hybridized carbons (Fsp3) is 0. The molecular formula is C120H72N6O3S3. The summed E-state index contributed by atoms with van der Waals surface area (Å²) in [4.78, 5) is 28.5. The Balaban J connectivity index is 0.000000106. The Hall–Kier alpha value is -16.7. The van der Waals surface area contributed by atoms with Crippen LogP contribution < -0.4 is 0 Å². The molecule has 0 saturated heterocycles. The summed E-state index contributed by atoms with van der Waals surface area (Å²) in [6.07, 6.45) is 3.26. The first-order valence-corrected chi connectivity index (χ1v) is 46.4. The third-order valence-electron chi connectivity index (χ3n) is 25.2. The topological polar surface area (TPSA) is 117 Å². The van der Waals surface area contributed by atoms with Crippen LogP contribution in [0, 0.1) is 0 Å². The van der Waals surface area contributed by atoms with E-state index < -0.39 is 0 Å². The van der Waals surface area contributed by atoms with E-state index in [4.69, 9.17) is 28.2 Å². The van der Waals surface area contributed by atoms with Crippen molar-refractivity contribution >= 4 is 161 Å². The van der Waals surface area contributed by atoms with Gasteiger partial charge in [-0.2, -0.15) is 0 Å². The average molecular weight is 1740 g/mol. The lowest BCUT2D eigenvalue weighted by molar-refractivity contribution is 0.667. The molecule has 27 aromatic rings. The molecule has 12 heteroatoms. The van der Waals surface area contributed by atoms with Gasteiger partial charge in [0.2, 0.25) is 0 Å². The summed E-state index contributed by atoms with van der Waals surface area (Å²) in [7, 11) is 0. The van der Waals surface area contributed by atoms with Gasteiger partial charge >= 0.3 is 0 Å². The van der Waals surface area contributed by atoms with Crippen molar-refractivity contribution in [1.82, 2.24) is 29.9 Å². The second-order valence-corrected chi connectivity index (χ2v) is 36.1. The molecule has 9 aromatic heterocycles. The Morgan fingerprint density at radius 1 is 0.174 bits per heavy atom. The second kappa shape index (κ2) is 32.8. The van der Waals surface area contributed by atoms with Gasteiger partial charge in [0.1, 0.15) is 63.0 Å². The number of fused-ring (bicyclic) bond motifs is 18. The molecule has 0 aliphatic carbocycles. The molecule has 0 aliphatic heterocycles. The summed E-state index contributed by atoms with van der Waals surface area (Å²) in [5.74, 6) is 0.686. The second-order valence-electron chi connectivity index (χ2n) is 32.9. The molecule has 618 valence electrons. The number of nitrogens with zero attached hydrogens (tertiary/aromatic N) is 6. The molecule has 9 heterocycles. The molecule has 0 fully saturated rings. The lowest BCUT2D eigenvalue weighted by atomic mass is 9.93. The maximum atomic E-state index is 6.58.